The second-order valence-corrected chi connectivity index (χ2v) is 6.44. The van der Waals surface area contributed by atoms with Crippen molar-refractivity contribution >= 4 is 23.2 Å². The number of halogens is 1. The number of benzene rings is 2. The van der Waals surface area contributed by atoms with Crippen LogP contribution in [0.4, 0.5) is 5.69 Å². The summed E-state index contributed by atoms with van der Waals surface area (Å²) in [6.45, 7) is 3.74. The molecule has 1 aromatic heterocycles. The maximum Gasteiger partial charge on any atom is 0.259 e. The largest absolute Gasteiger partial charge is 0.493 e. The highest BCUT2D eigenvalue weighted by molar-refractivity contribution is 6.30. The molecule has 1 N–H and O–H groups in total. The molecule has 0 aliphatic heterocycles. The summed E-state index contributed by atoms with van der Waals surface area (Å²) >= 11 is 5.93. The molecular formula is C20H20ClN3O3. The maximum absolute atomic E-state index is 12.8. The number of ether oxygens (including phenoxy) is 2. The Morgan fingerprint density at radius 1 is 1.07 bits per heavy atom. The monoisotopic (exact) mass is 385 g/mol. The highest BCUT2D eigenvalue weighted by atomic mass is 35.5. The predicted octanol–water partition coefficient (Wildman–Crippen LogP) is 4.41. The summed E-state index contributed by atoms with van der Waals surface area (Å²) in [4.78, 5) is 12.8. The van der Waals surface area contributed by atoms with Gasteiger partial charge in [-0.25, -0.2) is 4.68 Å². The van der Waals surface area contributed by atoms with E-state index in [1.54, 1.807) is 43.3 Å². The summed E-state index contributed by atoms with van der Waals surface area (Å²) in [5.74, 6) is 0.912. The summed E-state index contributed by atoms with van der Waals surface area (Å²) in [7, 11) is 3.13. The van der Waals surface area contributed by atoms with Crippen molar-refractivity contribution in [1.82, 2.24) is 9.78 Å². The predicted molar refractivity (Wildman–Crippen MR) is 106 cm³/mol. The van der Waals surface area contributed by atoms with Crippen LogP contribution in [-0.4, -0.2) is 29.9 Å². The Morgan fingerprint density at radius 2 is 1.70 bits per heavy atom. The van der Waals surface area contributed by atoms with Crippen LogP contribution in [-0.2, 0) is 0 Å². The van der Waals surface area contributed by atoms with Crippen molar-refractivity contribution in [1.29, 1.82) is 0 Å². The van der Waals surface area contributed by atoms with E-state index in [0.717, 1.165) is 16.9 Å². The number of amides is 1. The quantitative estimate of drug-likeness (QED) is 0.706. The Hall–Kier alpha value is -2.99. The highest BCUT2D eigenvalue weighted by Gasteiger charge is 2.17. The lowest BCUT2D eigenvalue weighted by Crippen LogP contribution is -2.14. The van der Waals surface area contributed by atoms with Gasteiger partial charge in [-0.1, -0.05) is 11.6 Å². The zero-order valence-electron chi connectivity index (χ0n) is 15.5. The fourth-order valence-corrected chi connectivity index (χ4v) is 2.91. The van der Waals surface area contributed by atoms with Crippen LogP contribution >= 0.6 is 11.6 Å². The molecule has 0 saturated heterocycles. The van der Waals surface area contributed by atoms with Crippen molar-refractivity contribution in [2.75, 3.05) is 19.5 Å². The first-order chi connectivity index (χ1) is 12.9. The number of nitrogens with zero attached hydrogens (tertiary/aromatic N) is 2. The SMILES string of the molecule is COc1cc(C)c(NC(=O)c2cnn(-c3ccc(Cl)cc3)c2C)cc1OC. The summed E-state index contributed by atoms with van der Waals surface area (Å²) in [5.41, 5.74) is 3.56. The highest BCUT2D eigenvalue weighted by Crippen LogP contribution is 2.33. The van der Waals surface area contributed by atoms with E-state index in [-0.39, 0.29) is 5.91 Å². The van der Waals surface area contributed by atoms with E-state index >= 15 is 0 Å². The molecule has 1 heterocycles. The van der Waals surface area contributed by atoms with E-state index in [2.05, 4.69) is 10.4 Å². The van der Waals surface area contributed by atoms with E-state index in [9.17, 15) is 4.79 Å². The molecule has 0 aliphatic carbocycles. The first-order valence-corrected chi connectivity index (χ1v) is 8.67. The summed E-state index contributed by atoms with van der Waals surface area (Å²) in [5, 5.41) is 7.89. The number of rotatable bonds is 5. The van der Waals surface area contributed by atoms with Crippen LogP contribution in [0.25, 0.3) is 5.69 Å². The molecule has 140 valence electrons. The van der Waals surface area contributed by atoms with Gasteiger partial charge in [0.05, 0.1) is 37.4 Å². The number of aryl methyl sites for hydroxylation is 1. The van der Waals surface area contributed by atoms with Gasteiger partial charge in [-0.15, -0.1) is 0 Å². The third kappa shape index (κ3) is 3.75. The minimum Gasteiger partial charge on any atom is -0.493 e. The van der Waals surface area contributed by atoms with Gasteiger partial charge < -0.3 is 14.8 Å². The van der Waals surface area contributed by atoms with E-state index in [4.69, 9.17) is 21.1 Å². The normalized spacial score (nSPS) is 10.6. The molecule has 0 saturated carbocycles. The van der Waals surface area contributed by atoms with Crippen molar-refractivity contribution in [2.24, 2.45) is 0 Å². The van der Waals surface area contributed by atoms with Crippen molar-refractivity contribution in [3.8, 4) is 17.2 Å². The van der Waals surface area contributed by atoms with Crippen molar-refractivity contribution in [3.05, 3.63) is 64.4 Å². The molecule has 6 nitrogen and oxygen atoms in total. The molecule has 7 heteroatoms. The van der Waals surface area contributed by atoms with Gasteiger partial charge >= 0.3 is 0 Å². The van der Waals surface area contributed by atoms with Gasteiger partial charge in [0.15, 0.2) is 11.5 Å². The van der Waals surface area contributed by atoms with Gasteiger partial charge in [-0.2, -0.15) is 5.10 Å². The minimum absolute atomic E-state index is 0.247. The molecular weight excluding hydrogens is 366 g/mol. The molecule has 0 bridgehead atoms. The van der Waals surface area contributed by atoms with Crippen LogP contribution in [0, 0.1) is 13.8 Å². The molecule has 0 aliphatic rings. The standard InChI is InChI=1S/C20H20ClN3O3/c1-12-9-18(26-3)19(27-4)10-17(12)23-20(25)16-11-22-24(13(16)2)15-7-5-14(21)6-8-15/h5-11H,1-4H3,(H,23,25). The summed E-state index contributed by atoms with van der Waals surface area (Å²) in [6.07, 6.45) is 1.55. The number of carbonyl (C=O) groups is 1. The Morgan fingerprint density at radius 3 is 2.33 bits per heavy atom. The average Bonchev–Trinajstić information content (AvgIpc) is 3.05. The third-order valence-corrected chi connectivity index (χ3v) is 4.56. The Labute approximate surface area is 162 Å². The van der Waals surface area contributed by atoms with Crippen LogP contribution in [0.5, 0.6) is 11.5 Å². The molecule has 27 heavy (non-hydrogen) atoms. The molecule has 2 aromatic carbocycles. The van der Waals surface area contributed by atoms with E-state index in [1.807, 2.05) is 32.0 Å². The Balaban J connectivity index is 1.88. The number of aromatic nitrogens is 2. The first kappa shape index (κ1) is 18.8. The van der Waals surface area contributed by atoms with Crippen molar-refractivity contribution in [2.45, 2.75) is 13.8 Å². The number of nitrogens with one attached hydrogen (secondary N) is 1. The van der Waals surface area contributed by atoms with Crippen molar-refractivity contribution in [3.63, 3.8) is 0 Å². The molecule has 0 fully saturated rings. The average molecular weight is 386 g/mol. The fourth-order valence-electron chi connectivity index (χ4n) is 2.78. The second kappa shape index (κ2) is 7.72. The molecule has 0 radical (unpaired) electrons. The Bertz CT molecular complexity index is 981. The lowest BCUT2D eigenvalue weighted by atomic mass is 10.1. The van der Waals surface area contributed by atoms with Crippen LogP contribution in [0.1, 0.15) is 21.6 Å². The smallest absolute Gasteiger partial charge is 0.259 e. The van der Waals surface area contributed by atoms with Crippen LogP contribution < -0.4 is 14.8 Å². The topological polar surface area (TPSA) is 65.4 Å². The number of methoxy groups -OCH3 is 2. The summed E-state index contributed by atoms with van der Waals surface area (Å²) in [6, 6.07) is 10.8. The summed E-state index contributed by atoms with van der Waals surface area (Å²) < 4.78 is 12.3. The van der Waals surface area contributed by atoms with E-state index in [1.165, 1.54) is 0 Å². The second-order valence-electron chi connectivity index (χ2n) is 6.01. The first-order valence-electron chi connectivity index (χ1n) is 8.29. The molecule has 1 amide bonds. The Kier molecular flexibility index (Phi) is 5.37. The third-order valence-electron chi connectivity index (χ3n) is 4.30. The molecule has 0 atom stereocenters. The lowest BCUT2D eigenvalue weighted by molar-refractivity contribution is 0.102. The zero-order valence-corrected chi connectivity index (χ0v) is 16.3. The van der Waals surface area contributed by atoms with Gasteiger partial charge in [0.25, 0.3) is 5.91 Å². The van der Waals surface area contributed by atoms with Gasteiger partial charge in [0.1, 0.15) is 0 Å². The molecule has 0 spiro atoms. The van der Waals surface area contributed by atoms with Gasteiger partial charge in [0.2, 0.25) is 0 Å². The van der Waals surface area contributed by atoms with Gasteiger partial charge in [0, 0.05) is 16.8 Å². The zero-order chi connectivity index (χ0) is 19.6. The molecule has 3 aromatic rings. The van der Waals surface area contributed by atoms with E-state index in [0.29, 0.717) is 27.8 Å². The van der Waals surface area contributed by atoms with Gasteiger partial charge in [-0.05, 0) is 49.7 Å². The van der Waals surface area contributed by atoms with Gasteiger partial charge in [-0.3, -0.25) is 4.79 Å². The van der Waals surface area contributed by atoms with Crippen LogP contribution in [0.3, 0.4) is 0 Å². The molecule has 3 rings (SSSR count). The van der Waals surface area contributed by atoms with Crippen LogP contribution in [0.15, 0.2) is 42.6 Å². The maximum atomic E-state index is 12.8. The number of hydrogen-bond acceptors (Lipinski definition) is 4. The van der Waals surface area contributed by atoms with E-state index < -0.39 is 0 Å². The lowest BCUT2D eigenvalue weighted by Gasteiger charge is -2.13. The number of hydrogen-bond donors (Lipinski definition) is 1. The number of carbonyl (C=O) groups excluding carboxylic acids is 1. The van der Waals surface area contributed by atoms with Crippen molar-refractivity contribution < 1.29 is 14.3 Å². The number of anilines is 1. The minimum atomic E-state index is -0.247. The molecule has 0 unspecified atom stereocenters. The van der Waals surface area contributed by atoms with Crippen LogP contribution in [0.2, 0.25) is 5.02 Å². The fraction of sp³-hybridized carbons (Fsp3) is 0.200.